The molecule has 2 aromatic rings. The molecule has 1 aliphatic heterocycles. The van der Waals surface area contributed by atoms with Gasteiger partial charge >= 0.3 is 0 Å². The van der Waals surface area contributed by atoms with Crippen molar-refractivity contribution in [2.45, 2.75) is 70.1 Å². The number of hydrogen-bond acceptors (Lipinski definition) is 2. The molecule has 1 saturated heterocycles. The summed E-state index contributed by atoms with van der Waals surface area (Å²) in [6.45, 7) is 18.8. The lowest BCUT2D eigenvalue weighted by Gasteiger charge is -2.32. The number of piperidine rings is 1. The van der Waals surface area contributed by atoms with Crippen LogP contribution in [0.4, 0.5) is 0 Å². The molecular weight excluding hydrogens is 418 g/mol. The van der Waals surface area contributed by atoms with Gasteiger partial charge in [0.1, 0.15) is 12.4 Å². The van der Waals surface area contributed by atoms with Gasteiger partial charge in [-0.1, -0.05) is 95.1 Å². The van der Waals surface area contributed by atoms with E-state index in [-0.39, 0.29) is 5.41 Å². The number of allylic oxidation sites excluding steroid dienone is 1. The summed E-state index contributed by atoms with van der Waals surface area (Å²) < 4.78 is 6.32. The van der Waals surface area contributed by atoms with Crippen molar-refractivity contribution in [3.63, 3.8) is 0 Å². The highest BCUT2D eigenvalue weighted by molar-refractivity contribution is 6.79. The summed E-state index contributed by atoms with van der Waals surface area (Å²) in [6.07, 6.45) is 8.47. The normalized spacial score (nSPS) is 18.6. The van der Waals surface area contributed by atoms with E-state index in [9.17, 15) is 0 Å². The predicted molar refractivity (Wildman–Crippen MR) is 145 cm³/mol. The molecule has 33 heavy (non-hydrogen) atoms. The SMILES string of the molecule is C=CCOc1c(C[Si](C)(C)C2C=C(N3CCCCC3)c3ccccc32)cccc1C(C)(C)C. The molecule has 1 heterocycles. The van der Waals surface area contributed by atoms with Gasteiger partial charge < -0.3 is 9.64 Å². The third kappa shape index (κ3) is 4.99. The lowest BCUT2D eigenvalue weighted by molar-refractivity contribution is 0.326. The topological polar surface area (TPSA) is 12.5 Å². The molecule has 1 aliphatic carbocycles. The molecular formula is C30H41NOSi. The Bertz CT molecular complexity index is 1020. The first-order chi connectivity index (χ1) is 15.7. The van der Waals surface area contributed by atoms with Crippen LogP contribution in [0.1, 0.15) is 67.8 Å². The van der Waals surface area contributed by atoms with E-state index in [0.717, 1.165) is 11.8 Å². The number of likely N-dealkylation sites (tertiary alicyclic amines) is 1. The van der Waals surface area contributed by atoms with Crippen LogP contribution in [0.5, 0.6) is 5.75 Å². The van der Waals surface area contributed by atoms with Crippen LogP contribution in [0, 0.1) is 0 Å². The van der Waals surface area contributed by atoms with Gasteiger partial charge in [0.15, 0.2) is 0 Å². The standard InChI is InChI=1S/C30H41NOSi/c1-7-20-32-29-23(14-13-17-26(29)30(2,3)4)22-33(5,6)28-21-27(31-18-11-8-12-19-31)24-15-9-10-16-25(24)28/h7,9-10,13-17,21,28H,1,8,11-12,18-20,22H2,2-6H3. The highest BCUT2D eigenvalue weighted by atomic mass is 28.3. The average Bonchev–Trinajstić information content (AvgIpc) is 3.18. The minimum absolute atomic E-state index is 0.0412. The van der Waals surface area contributed by atoms with Crippen LogP contribution in [0.15, 0.2) is 61.2 Å². The van der Waals surface area contributed by atoms with Gasteiger partial charge in [-0.15, -0.1) is 0 Å². The van der Waals surface area contributed by atoms with Crippen molar-refractivity contribution in [3.8, 4) is 5.75 Å². The van der Waals surface area contributed by atoms with Crippen molar-refractivity contribution < 1.29 is 4.74 Å². The highest BCUT2D eigenvalue weighted by Gasteiger charge is 2.39. The Morgan fingerprint density at radius 1 is 1.03 bits per heavy atom. The van der Waals surface area contributed by atoms with Gasteiger partial charge in [-0.25, -0.2) is 0 Å². The van der Waals surface area contributed by atoms with E-state index < -0.39 is 8.07 Å². The Morgan fingerprint density at radius 2 is 1.76 bits per heavy atom. The summed E-state index contributed by atoms with van der Waals surface area (Å²) in [7, 11) is -1.73. The first kappa shape index (κ1) is 23.9. The molecule has 0 radical (unpaired) electrons. The second-order valence-corrected chi connectivity index (χ2v) is 16.4. The Labute approximate surface area is 202 Å². The number of fused-ring (bicyclic) bond motifs is 1. The Balaban J connectivity index is 1.70. The van der Waals surface area contributed by atoms with Crippen molar-refractivity contribution in [1.29, 1.82) is 0 Å². The molecule has 0 N–H and O–H groups in total. The summed E-state index contributed by atoms with van der Waals surface area (Å²) in [5, 5.41) is 0. The second-order valence-electron chi connectivity index (χ2n) is 11.5. The molecule has 1 fully saturated rings. The zero-order chi connectivity index (χ0) is 23.6. The Hall–Kier alpha value is -2.26. The van der Waals surface area contributed by atoms with Crippen molar-refractivity contribution in [2.75, 3.05) is 19.7 Å². The third-order valence-corrected chi connectivity index (χ3v) is 10.8. The average molecular weight is 460 g/mol. The number of benzene rings is 2. The van der Waals surface area contributed by atoms with E-state index in [1.165, 1.54) is 60.3 Å². The zero-order valence-electron chi connectivity index (χ0n) is 21.3. The van der Waals surface area contributed by atoms with Gasteiger partial charge in [0.05, 0.1) is 8.07 Å². The molecule has 0 aromatic heterocycles. The minimum Gasteiger partial charge on any atom is -0.489 e. The monoisotopic (exact) mass is 459 g/mol. The first-order valence-electron chi connectivity index (χ1n) is 12.6. The van der Waals surface area contributed by atoms with Gasteiger partial charge in [-0.2, -0.15) is 0 Å². The van der Waals surface area contributed by atoms with E-state index >= 15 is 0 Å². The van der Waals surface area contributed by atoms with Crippen LogP contribution in [0.2, 0.25) is 13.1 Å². The molecule has 1 unspecified atom stereocenters. The third-order valence-electron chi connectivity index (χ3n) is 7.33. The zero-order valence-corrected chi connectivity index (χ0v) is 22.3. The van der Waals surface area contributed by atoms with Crippen molar-refractivity contribution in [2.24, 2.45) is 0 Å². The highest BCUT2D eigenvalue weighted by Crippen LogP contribution is 2.45. The maximum atomic E-state index is 6.32. The van der Waals surface area contributed by atoms with Gasteiger partial charge in [-0.05, 0) is 53.0 Å². The van der Waals surface area contributed by atoms with Gasteiger partial charge in [-0.3, -0.25) is 0 Å². The predicted octanol–water partition coefficient (Wildman–Crippen LogP) is 7.50. The lowest BCUT2D eigenvalue weighted by atomic mass is 9.85. The van der Waals surface area contributed by atoms with E-state index in [1.807, 2.05) is 6.08 Å². The van der Waals surface area contributed by atoms with Crippen LogP contribution < -0.4 is 4.74 Å². The smallest absolute Gasteiger partial charge is 0.126 e. The van der Waals surface area contributed by atoms with Crippen LogP contribution in [0.25, 0.3) is 5.70 Å². The number of rotatable bonds is 7. The fraction of sp³-hybridized carbons (Fsp3) is 0.467. The van der Waals surface area contributed by atoms with Crippen LogP contribution in [0.3, 0.4) is 0 Å². The van der Waals surface area contributed by atoms with Gasteiger partial charge in [0, 0.05) is 24.4 Å². The fourth-order valence-corrected chi connectivity index (χ4v) is 8.81. The Morgan fingerprint density at radius 3 is 2.45 bits per heavy atom. The van der Waals surface area contributed by atoms with Crippen molar-refractivity contribution in [1.82, 2.24) is 4.90 Å². The molecule has 4 rings (SSSR count). The van der Waals surface area contributed by atoms with Crippen LogP contribution in [-0.2, 0) is 11.5 Å². The van der Waals surface area contributed by atoms with Crippen LogP contribution in [-0.4, -0.2) is 32.7 Å². The molecule has 2 aromatic carbocycles. The number of ether oxygens (including phenoxy) is 1. The Kier molecular flexibility index (Phi) is 6.90. The van der Waals surface area contributed by atoms with E-state index in [0.29, 0.717) is 12.1 Å². The molecule has 0 saturated carbocycles. The number of nitrogens with zero attached hydrogens (tertiary/aromatic N) is 1. The first-order valence-corrected chi connectivity index (χ1v) is 15.9. The summed E-state index contributed by atoms with van der Waals surface area (Å²) in [4.78, 5) is 2.64. The van der Waals surface area contributed by atoms with Crippen molar-refractivity contribution >= 4 is 13.8 Å². The molecule has 176 valence electrons. The van der Waals surface area contributed by atoms with Gasteiger partial charge in [0.2, 0.25) is 0 Å². The summed E-state index contributed by atoms with van der Waals surface area (Å²) in [5.74, 6) is 1.08. The molecule has 0 spiro atoms. The maximum Gasteiger partial charge on any atom is 0.126 e. The van der Waals surface area contributed by atoms with Gasteiger partial charge in [0.25, 0.3) is 0 Å². The minimum atomic E-state index is -1.73. The largest absolute Gasteiger partial charge is 0.489 e. The number of hydrogen-bond donors (Lipinski definition) is 0. The fourth-order valence-electron chi connectivity index (χ4n) is 5.62. The summed E-state index contributed by atoms with van der Waals surface area (Å²) in [6, 6.07) is 17.0. The van der Waals surface area contributed by atoms with Crippen molar-refractivity contribution in [3.05, 3.63) is 83.4 Å². The molecule has 2 aliphatic rings. The molecule has 0 bridgehead atoms. The van der Waals surface area contributed by atoms with E-state index in [2.05, 4.69) is 93.9 Å². The quantitative estimate of drug-likeness (QED) is 0.314. The second kappa shape index (κ2) is 9.54. The lowest BCUT2D eigenvalue weighted by Crippen LogP contribution is -2.37. The molecule has 3 heteroatoms. The van der Waals surface area contributed by atoms with E-state index in [1.54, 1.807) is 0 Å². The molecule has 2 nitrogen and oxygen atoms in total. The van der Waals surface area contributed by atoms with Crippen LogP contribution >= 0.6 is 0 Å². The van der Waals surface area contributed by atoms with E-state index in [4.69, 9.17) is 4.74 Å². The number of para-hydroxylation sites is 1. The maximum absolute atomic E-state index is 6.32. The molecule has 0 amide bonds. The summed E-state index contributed by atoms with van der Waals surface area (Å²) in [5.41, 5.74) is 7.71. The molecule has 1 atom stereocenters. The summed E-state index contributed by atoms with van der Waals surface area (Å²) >= 11 is 0.